The second kappa shape index (κ2) is 8.64. The molecule has 0 spiro atoms. The molecule has 2 heterocycles. The Morgan fingerprint density at radius 3 is 2.55 bits per heavy atom. The molecule has 1 saturated heterocycles. The number of amides is 1. The van der Waals surface area contributed by atoms with Crippen LogP contribution in [0.1, 0.15) is 30.9 Å². The quantitative estimate of drug-likeness (QED) is 0.581. The monoisotopic (exact) mass is 458 g/mol. The molecule has 1 amide bonds. The van der Waals surface area contributed by atoms with E-state index in [-0.39, 0.29) is 16.7 Å². The smallest absolute Gasteiger partial charge is 0.245 e. The van der Waals surface area contributed by atoms with Gasteiger partial charge in [0.1, 0.15) is 15.9 Å². The zero-order valence-electron chi connectivity index (χ0n) is 17.9. The summed E-state index contributed by atoms with van der Waals surface area (Å²) in [5, 5.41) is 0. The number of rotatable bonds is 5. The zero-order chi connectivity index (χ0) is 22.2. The highest BCUT2D eigenvalue weighted by Crippen LogP contribution is 2.30. The Bertz CT molecular complexity index is 1210. The van der Waals surface area contributed by atoms with Gasteiger partial charge in [0.25, 0.3) is 0 Å². The van der Waals surface area contributed by atoms with Crippen LogP contribution in [0.5, 0.6) is 0 Å². The summed E-state index contributed by atoms with van der Waals surface area (Å²) in [7, 11) is -3.68. The highest BCUT2D eigenvalue weighted by Gasteiger charge is 2.35. The van der Waals surface area contributed by atoms with Gasteiger partial charge in [0.2, 0.25) is 15.9 Å². The Labute approximate surface area is 187 Å². The molecule has 31 heavy (non-hydrogen) atoms. The number of benzene rings is 2. The van der Waals surface area contributed by atoms with Crippen molar-refractivity contribution in [2.24, 2.45) is 5.92 Å². The average molecular weight is 459 g/mol. The third kappa shape index (κ3) is 4.09. The van der Waals surface area contributed by atoms with Gasteiger partial charge < -0.3 is 4.90 Å². The second-order valence-electron chi connectivity index (χ2n) is 7.92. The maximum absolute atomic E-state index is 13.2. The van der Waals surface area contributed by atoms with Crippen LogP contribution >= 0.6 is 11.7 Å². The Kier molecular flexibility index (Phi) is 6.09. The van der Waals surface area contributed by atoms with Crippen LogP contribution in [0.3, 0.4) is 0 Å². The van der Waals surface area contributed by atoms with Crippen molar-refractivity contribution in [1.82, 2.24) is 13.1 Å². The number of hydrogen-bond acceptors (Lipinski definition) is 6. The molecule has 0 saturated carbocycles. The predicted molar refractivity (Wildman–Crippen MR) is 123 cm³/mol. The van der Waals surface area contributed by atoms with Crippen molar-refractivity contribution in [2.45, 2.75) is 38.5 Å². The van der Waals surface area contributed by atoms with Gasteiger partial charge in [-0.1, -0.05) is 12.1 Å². The third-order valence-electron chi connectivity index (χ3n) is 6.05. The van der Waals surface area contributed by atoms with E-state index >= 15 is 0 Å². The van der Waals surface area contributed by atoms with Gasteiger partial charge in [0, 0.05) is 31.2 Å². The Balaban J connectivity index is 1.49. The molecule has 0 atom stereocenters. The molecule has 7 nitrogen and oxygen atoms in total. The molecular weight excluding hydrogens is 432 g/mol. The fourth-order valence-electron chi connectivity index (χ4n) is 4.05. The molecule has 0 radical (unpaired) electrons. The van der Waals surface area contributed by atoms with Gasteiger partial charge in [-0.2, -0.15) is 13.1 Å². The van der Waals surface area contributed by atoms with Crippen LogP contribution in [0.4, 0.5) is 5.69 Å². The first-order valence-electron chi connectivity index (χ1n) is 10.4. The summed E-state index contributed by atoms with van der Waals surface area (Å²) in [4.78, 5) is 15.2. The third-order valence-corrected chi connectivity index (χ3v) is 8.53. The number of piperidine rings is 1. The van der Waals surface area contributed by atoms with Crippen LogP contribution in [0.15, 0.2) is 41.3 Å². The fourth-order valence-corrected chi connectivity index (χ4v) is 6.27. The van der Waals surface area contributed by atoms with Gasteiger partial charge >= 0.3 is 0 Å². The molecule has 0 aliphatic carbocycles. The van der Waals surface area contributed by atoms with Crippen molar-refractivity contribution < 1.29 is 13.2 Å². The van der Waals surface area contributed by atoms with Crippen molar-refractivity contribution in [3.63, 3.8) is 0 Å². The summed E-state index contributed by atoms with van der Waals surface area (Å²) in [6.45, 7) is 7.27. The molecule has 1 aromatic heterocycles. The van der Waals surface area contributed by atoms with Crippen LogP contribution in [0.2, 0.25) is 0 Å². The minimum atomic E-state index is -3.68. The molecule has 0 bridgehead atoms. The number of carbonyl (C=O) groups excluding carboxylic acids is 1. The molecule has 1 aliphatic rings. The Morgan fingerprint density at radius 1 is 1.13 bits per heavy atom. The van der Waals surface area contributed by atoms with Crippen molar-refractivity contribution >= 4 is 44.4 Å². The van der Waals surface area contributed by atoms with Crippen LogP contribution in [0.25, 0.3) is 11.0 Å². The van der Waals surface area contributed by atoms with E-state index in [2.05, 4.69) is 15.7 Å². The van der Waals surface area contributed by atoms with Gasteiger partial charge in [-0.25, -0.2) is 8.42 Å². The van der Waals surface area contributed by atoms with Crippen molar-refractivity contribution in [3.05, 3.63) is 47.5 Å². The van der Waals surface area contributed by atoms with E-state index in [9.17, 15) is 13.2 Å². The molecule has 9 heteroatoms. The molecule has 3 aromatic rings. The molecule has 0 unspecified atom stereocenters. The minimum Gasteiger partial charge on any atom is -0.312 e. The van der Waals surface area contributed by atoms with Gasteiger partial charge in [-0.15, -0.1) is 0 Å². The topological polar surface area (TPSA) is 83.5 Å². The summed E-state index contributed by atoms with van der Waals surface area (Å²) in [5.74, 6) is -0.127. The molecule has 4 rings (SSSR count). The largest absolute Gasteiger partial charge is 0.312 e. The fraction of sp³-hybridized carbons (Fsp3) is 0.409. The van der Waals surface area contributed by atoms with Crippen LogP contribution in [-0.2, 0) is 14.8 Å². The minimum absolute atomic E-state index is 0.0635. The lowest BCUT2D eigenvalue weighted by molar-refractivity contribution is -0.123. The number of carbonyl (C=O) groups is 1. The SMILES string of the molecule is CCN(C(=O)C1CCN(S(=O)(=O)c2cccc3nsnc23)CC1)c1ccc(C)c(C)c1. The molecular formula is C22H26N4O3S2. The lowest BCUT2D eigenvalue weighted by Crippen LogP contribution is -2.44. The normalized spacial score (nSPS) is 16.0. The zero-order valence-corrected chi connectivity index (χ0v) is 19.5. The highest BCUT2D eigenvalue weighted by molar-refractivity contribution is 7.89. The molecule has 1 fully saturated rings. The summed E-state index contributed by atoms with van der Waals surface area (Å²) in [5.41, 5.74) is 4.24. The van der Waals surface area contributed by atoms with Crippen LogP contribution in [0, 0.1) is 19.8 Å². The van der Waals surface area contributed by atoms with Crippen molar-refractivity contribution in [3.8, 4) is 0 Å². The summed E-state index contributed by atoms with van der Waals surface area (Å²) in [6, 6.07) is 11.1. The maximum Gasteiger partial charge on any atom is 0.245 e. The standard InChI is InChI=1S/C22H26N4O3S2/c1-4-26(18-9-8-15(2)16(3)14-18)22(27)17-10-12-25(13-11-17)31(28,29)20-7-5-6-19-21(20)24-30-23-19/h5-9,14,17H,4,10-13H2,1-3H3. The summed E-state index contributed by atoms with van der Waals surface area (Å²) in [6.07, 6.45) is 1.01. The number of fused-ring (bicyclic) bond motifs is 1. The van der Waals surface area contributed by atoms with Gasteiger partial charge in [0.05, 0.1) is 11.7 Å². The number of hydrogen-bond donors (Lipinski definition) is 0. The molecule has 164 valence electrons. The summed E-state index contributed by atoms with van der Waals surface area (Å²) >= 11 is 1.01. The number of aryl methyl sites for hydroxylation is 2. The summed E-state index contributed by atoms with van der Waals surface area (Å²) < 4.78 is 36.2. The number of aromatic nitrogens is 2. The number of nitrogens with zero attached hydrogens (tertiary/aromatic N) is 4. The first-order chi connectivity index (χ1) is 14.8. The molecule has 1 aliphatic heterocycles. The van der Waals surface area contributed by atoms with E-state index in [0.717, 1.165) is 23.0 Å². The number of anilines is 1. The second-order valence-corrected chi connectivity index (χ2v) is 10.4. The Hall–Kier alpha value is -2.36. The average Bonchev–Trinajstić information content (AvgIpc) is 3.25. The van der Waals surface area contributed by atoms with E-state index in [0.29, 0.717) is 43.5 Å². The Morgan fingerprint density at radius 2 is 1.87 bits per heavy atom. The van der Waals surface area contributed by atoms with Crippen molar-refractivity contribution in [1.29, 1.82) is 0 Å². The molecule has 0 N–H and O–H groups in total. The lowest BCUT2D eigenvalue weighted by atomic mass is 9.96. The first-order valence-corrected chi connectivity index (χ1v) is 12.6. The van der Waals surface area contributed by atoms with Gasteiger partial charge in [-0.05, 0) is 69.0 Å². The first kappa shape index (κ1) is 21.9. The maximum atomic E-state index is 13.2. The lowest BCUT2D eigenvalue weighted by Gasteiger charge is -2.33. The van der Waals surface area contributed by atoms with E-state index in [4.69, 9.17) is 0 Å². The van der Waals surface area contributed by atoms with Crippen molar-refractivity contribution in [2.75, 3.05) is 24.5 Å². The van der Waals surface area contributed by atoms with Gasteiger partial charge in [-0.3, -0.25) is 4.79 Å². The van der Waals surface area contributed by atoms with E-state index in [1.54, 1.807) is 18.2 Å². The highest BCUT2D eigenvalue weighted by atomic mass is 32.2. The molecule has 2 aromatic carbocycles. The van der Waals surface area contributed by atoms with E-state index < -0.39 is 10.0 Å². The predicted octanol–water partition coefficient (Wildman–Crippen LogP) is 3.76. The number of sulfonamides is 1. The van der Waals surface area contributed by atoms with Crippen LogP contribution in [-0.4, -0.2) is 47.0 Å². The van der Waals surface area contributed by atoms with Crippen LogP contribution < -0.4 is 4.90 Å². The van der Waals surface area contributed by atoms with E-state index in [1.807, 2.05) is 36.9 Å². The van der Waals surface area contributed by atoms with E-state index in [1.165, 1.54) is 9.87 Å². The van der Waals surface area contributed by atoms with Gasteiger partial charge in [0.15, 0.2) is 0 Å².